The molecule has 6 nitrogen and oxygen atoms in total. The fourth-order valence-electron chi connectivity index (χ4n) is 2.41. The van der Waals surface area contributed by atoms with E-state index in [1.165, 1.54) is 12.8 Å². The number of nitrogens with one attached hydrogen (secondary N) is 1. The van der Waals surface area contributed by atoms with E-state index in [1.807, 2.05) is 13.1 Å². The fourth-order valence-corrected chi connectivity index (χ4v) is 2.41. The highest BCUT2D eigenvalue weighted by Crippen LogP contribution is 2.18. The fraction of sp³-hybridized carbons (Fsp3) is 0.769. The lowest BCUT2D eigenvalue weighted by molar-refractivity contribution is -0.124. The van der Waals surface area contributed by atoms with Crippen molar-refractivity contribution < 1.29 is 4.79 Å². The summed E-state index contributed by atoms with van der Waals surface area (Å²) in [6.07, 6.45) is 8.16. The van der Waals surface area contributed by atoms with E-state index < -0.39 is 0 Å². The van der Waals surface area contributed by atoms with Crippen LogP contribution in [0.5, 0.6) is 0 Å². The Labute approximate surface area is 113 Å². The zero-order valence-corrected chi connectivity index (χ0v) is 11.5. The molecule has 1 aliphatic rings. The first-order chi connectivity index (χ1) is 9.20. The van der Waals surface area contributed by atoms with Gasteiger partial charge in [-0.2, -0.15) is 0 Å². The smallest absolute Gasteiger partial charge is 0.244 e. The van der Waals surface area contributed by atoms with E-state index in [0.717, 1.165) is 31.4 Å². The summed E-state index contributed by atoms with van der Waals surface area (Å²) in [5, 5.41) is 11.2. The SMILES string of the molecule is CC(C(=O)NC1CCCC1)n1cc(CCCN)nn1. The number of amides is 1. The highest BCUT2D eigenvalue weighted by molar-refractivity contribution is 5.80. The van der Waals surface area contributed by atoms with Gasteiger partial charge < -0.3 is 11.1 Å². The third-order valence-corrected chi connectivity index (χ3v) is 3.67. The van der Waals surface area contributed by atoms with Crippen molar-refractivity contribution in [1.29, 1.82) is 0 Å². The highest BCUT2D eigenvalue weighted by Gasteiger charge is 2.22. The topological polar surface area (TPSA) is 85.8 Å². The van der Waals surface area contributed by atoms with Gasteiger partial charge in [0.15, 0.2) is 0 Å². The molecule has 1 aromatic rings. The molecule has 1 saturated carbocycles. The monoisotopic (exact) mass is 265 g/mol. The molecule has 0 saturated heterocycles. The van der Waals surface area contributed by atoms with Crippen LogP contribution < -0.4 is 11.1 Å². The molecule has 0 spiro atoms. The van der Waals surface area contributed by atoms with E-state index in [2.05, 4.69) is 15.6 Å². The van der Waals surface area contributed by atoms with Crippen LogP contribution in [0, 0.1) is 0 Å². The van der Waals surface area contributed by atoms with E-state index in [4.69, 9.17) is 5.73 Å². The molecule has 6 heteroatoms. The highest BCUT2D eigenvalue weighted by atomic mass is 16.2. The molecule has 1 heterocycles. The number of rotatable bonds is 6. The molecule has 1 unspecified atom stereocenters. The summed E-state index contributed by atoms with van der Waals surface area (Å²) < 4.78 is 1.64. The first-order valence-corrected chi connectivity index (χ1v) is 7.12. The number of aromatic nitrogens is 3. The van der Waals surface area contributed by atoms with Crippen molar-refractivity contribution in [1.82, 2.24) is 20.3 Å². The van der Waals surface area contributed by atoms with Gasteiger partial charge in [-0.3, -0.25) is 4.79 Å². The van der Waals surface area contributed by atoms with E-state index >= 15 is 0 Å². The second-order valence-corrected chi connectivity index (χ2v) is 5.25. The number of aryl methyl sites for hydroxylation is 1. The van der Waals surface area contributed by atoms with Crippen molar-refractivity contribution in [2.75, 3.05) is 6.54 Å². The summed E-state index contributed by atoms with van der Waals surface area (Å²) in [6, 6.07) is 0.0370. The third-order valence-electron chi connectivity index (χ3n) is 3.67. The molecule has 106 valence electrons. The summed E-state index contributed by atoms with van der Waals surface area (Å²) in [6.45, 7) is 2.50. The average molecular weight is 265 g/mol. The Hall–Kier alpha value is -1.43. The van der Waals surface area contributed by atoms with E-state index in [9.17, 15) is 4.79 Å². The Kier molecular flexibility index (Phi) is 4.90. The van der Waals surface area contributed by atoms with Gasteiger partial charge in [0, 0.05) is 12.2 Å². The van der Waals surface area contributed by atoms with Crippen LogP contribution in [-0.2, 0) is 11.2 Å². The number of carbonyl (C=O) groups excluding carboxylic acids is 1. The quantitative estimate of drug-likeness (QED) is 0.796. The van der Waals surface area contributed by atoms with Crippen molar-refractivity contribution in [2.24, 2.45) is 5.73 Å². The van der Waals surface area contributed by atoms with Crippen molar-refractivity contribution in [3.05, 3.63) is 11.9 Å². The van der Waals surface area contributed by atoms with E-state index in [0.29, 0.717) is 12.6 Å². The van der Waals surface area contributed by atoms with Crippen LogP contribution >= 0.6 is 0 Å². The van der Waals surface area contributed by atoms with Crippen LogP contribution in [0.1, 0.15) is 50.8 Å². The lowest BCUT2D eigenvalue weighted by atomic mass is 10.2. The van der Waals surface area contributed by atoms with Crippen molar-refractivity contribution in [2.45, 2.75) is 57.5 Å². The van der Waals surface area contributed by atoms with E-state index in [-0.39, 0.29) is 11.9 Å². The number of hydrogen-bond acceptors (Lipinski definition) is 4. The zero-order chi connectivity index (χ0) is 13.7. The summed E-state index contributed by atoms with van der Waals surface area (Å²) in [4.78, 5) is 12.1. The lowest BCUT2D eigenvalue weighted by Gasteiger charge is -2.16. The molecule has 0 aromatic carbocycles. The molecule has 0 radical (unpaired) electrons. The average Bonchev–Trinajstić information content (AvgIpc) is 3.06. The van der Waals surface area contributed by atoms with Gasteiger partial charge in [0.05, 0.1) is 5.69 Å². The Balaban J connectivity index is 1.88. The Morgan fingerprint density at radius 1 is 1.58 bits per heavy atom. The largest absolute Gasteiger partial charge is 0.352 e. The van der Waals surface area contributed by atoms with Crippen molar-refractivity contribution >= 4 is 5.91 Å². The van der Waals surface area contributed by atoms with Gasteiger partial charge in [0.1, 0.15) is 6.04 Å². The molecule has 1 aliphatic carbocycles. The molecule has 1 amide bonds. The first-order valence-electron chi connectivity index (χ1n) is 7.12. The molecule has 0 bridgehead atoms. The summed E-state index contributed by atoms with van der Waals surface area (Å²) in [5.74, 6) is 0.0298. The van der Waals surface area contributed by atoms with Crippen LogP contribution in [0.4, 0.5) is 0 Å². The van der Waals surface area contributed by atoms with Crippen LogP contribution in [0.25, 0.3) is 0 Å². The molecule has 1 aromatic heterocycles. The van der Waals surface area contributed by atoms with Crippen LogP contribution in [0.2, 0.25) is 0 Å². The van der Waals surface area contributed by atoms with Gasteiger partial charge in [0.2, 0.25) is 5.91 Å². The van der Waals surface area contributed by atoms with Gasteiger partial charge in [-0.05, 0) is 39.2 Å². The lowest BCUT2D eigenvalue weighted by Crippen LogP contribution is -2.37. The molecule has 1 atom stereocenters. The molecule has 1 fully saturated rings. The summed E-state index contributed by atoms with van der Waals surface area (Å²) in [5.41, 5.74) is 6.36. The van der Waals surface area contributed by atoms with Gasteiger partial charge in [-0.15, -0.1) is 5.10 Å². The van der Waals surface area contributed by atoms with Crippen LogP contribution in [0.3, 0.4) is 0 Å². The van der Waals surface area contributed by atoms with Gasteiger partial charge in [-0.25, -0.2) is 4.68 Å². The molecule has 2 rings (SSSR count). The maximum atomic E-state index is 12.1. The first kappa shape index (κ1) is 14.0. The number of hydrogen-bond donors (Lipinski definition) is 2. The van der Waals surface area contributed by atoms with Crippen molar-refractivity contribution in [3.63, 3.8) is 0 Å². The maximum absolute atomic E-state index is 12.1. The normalized spacial score (nSPS) is 17.6. The number of nitrogens with zero attached hydrogens (tertiary/aromatic N) is 3. The van der Waals surface area contributed by atoms with Gasteiger partial charge in [-0.1, -0.05) is 18.1 Å². The minimum atomic E-state index is -0.306. The molecule has 0 aliphatic heterocycles. The predicted octanol–water partition coefficient (Wildman–Crippen LogP) is 0.789. The standard InChI is InChI=1S/C13H23N5O/c1-10(13(19)15-11-5-2-3-6-11)18-9-12(16-17-18)7-4-8-14/h9-11H,2-8,14H2,1H3,(H,15,19). The number of carbonyl (C=O) groups is 1. The predicted molar refractivity (Wildman–Crippen MR) is 72.5 cm³/mol. The van der Waals surface area contributed by atoms with Gasteiger partial charge >= 0.3 is 0 Å². The minimum Gasteiger partial charge on any atom is -0.352 e. The Bertz CT molecular complexity index is 411. The van der Waals surface area contributed by atoms with Crippen LogP contribution in [-0.4, -0.2) is 33.5 Å². The summed E-state index contributed by atoms with van der Waals surface area (Å²) in [7, 11) is 0. The summed E-state index contributed by atoms with van der Waals surface area (Å²) >= 11 is 0. The minimum absolute atomic E-state index is 0.0298. The zero-order valence-electron chi connectivity index (χ0n) is 11.5. The second-order valence-electron chi connectivity index (χ2n) is 5.25. The molecule has 19 heavy (non-hydrogen) atoms. The number of nitrogens with two attached hydrogens (primary N) is 1. The molecular weight excluding hydrogens is 242 g/mol. The van der Waals surface area contributed by atoms with E-state index in [1.54, 1.807) is 4.68 Å². The Morgan fingerprint density at radius 2 is 2.32 bits per heavy atom. The van der Waals surface area contributed by atoms with Crippen LogP contribution in [0.15, 0.2) is 6.20 Å². The molecule has 3 N–H and O–H groups in total. The second kappa shape index (κ2) is 6.65. The maximum Gasteiger partial charge on any atom is 0.244 e. The molecular formula is C13H23N5O. The van der Waals surface area contributed by atoms with Crippen molar-refractivity contribution in [3.8, 4) is 0 Å². The Morgan fingerprint density at radius 3 is 3.00 bits per heavy atom. The third kappa shape index (κ3) is 3.76. The van der Waals surface area contributed by atoms with Gasteiger partial charge in [0.25, 0.3) is 0 Å².